The van der Waals surface area contributed by atoms with Crippen molar-refractivity contribution in [3.8, 4) is 0 Å². The van der Waals surface area contributed by atoms with Crippen LogP contribution in [0.1, 0.15) is 34.6 Å². The number of ether oxygens (including phenoxy) is 2. The number of hydrogen-bond acceptors (Lipinski definition) is 4. The van der Waals surface area contributed by atoms with E-state index >= 15 is 0 Å². The molecule has 1 aromatic carbocycles. The molecule has 0 unspecified atom stereocenters. The first-order valence-corrected chi connectivity index (χ1v) is 5.14. The van der Waals surface area contributed by atoms with Crippen LogP contribution in [0.2, 0.25) is 0 Å². The van der Waals surface area contributed by atoms with Crippen molar-refractivity contribution in [3.63, 3.8) is 0 Å². The molecule has 0 saturated carbocycles. The van der Waals surface area contributed by atoms with E-state index in [1.54, 1.807) is 38.1 Å². The third-order valence-corrected chi connectivity index (χ3v) is 1.92. The number of esters is 2. The van der Waals surface area contributed by atoms with Gasteiger partial charge in [0.2, 0.25) is 0 Å². The molecule has 4 nitrogen and oxygen atoms in total. The van der Waals surface area contributed by atoms with E-state index in [1.807, 2.05) is 0 Å². The zero-order valence-corrected chi connectivity index (χ0v) is 14.5. The third kappa shape index (κ3) is 5.45. The largest absolute Gasteiger partial charge is 0.462 e. The molecule has 0 aromatic heterocycles. The Morgan fingerprint density at radius 2 is 1.22 bits per heavy atom. The number of carbonyl (C=O) groups excluding carboxylic acids is 2. The summed E-state index contributed by atoms with van der Waals surface area (Å²) in [5, 5.41) is 0. The SMILES string of the molecule is CCOC(=O)c1ccccc1C(=O)OCC.[Pt].[Pt]. The van der Waals surface area contributed by atoms with Gasteiger partial charge in [-0.1, -0.05) is 12.1 Å². The monoisotopic (exact) mass is 612 g/mol. The van der Waals surface area contributed by atoms with E-state index < -0.39 is 11.9 Å². The van der Waals surface area contributed by atoms with Crippen LogP contribution >= 0.6 is 0 Å². The van der Waals surface area contributed by atoms with Gasteiger partial charge in [0.1, 0.15) is 0 Å². The van der Waals surface area contributed by atoms with Gasteiger partial charge in [-0.2, -0.15) is 0 Å². The first-order chi connectivity index (χ1) is 7.70. The predicted molar refractivity (Wildman–Crippen MR) is 58.4 cm³/mol. The van der Waals surface area contributed by atoms with Crippen LogP contribution in [0, 0.1) is 0 Å². The Bertz CT molecular complexity index is 356. The summed E-state index contributed by atoms with van der Waals surface area (Å²) in [5.41, 5.74) is 0.477. The van der Waals surface area contributed by atoms with E-state index in [9.17, 15) is 9.59 Å². The van der Waals surface area contributed by atoms with Gasteiger partial charge in [0.05, 0.1) is 24.3 Å². The van der Waals surface area contributed by atoms with Crippen molar-refractivity contribution in [3.05, 3.63) is 35.4 Å². The van der Waals surface area contributed by atoms with Gasteiger partial charge in [0, 0.05) is 42.1 Å². The Morgan fingerprint density at radius 3 is 1.50 bits per heavy atom. The van der Waals surface area contributed by atoms with Crippen LogP contribution in [-0.4, -0.2) is 25.2 Å². The maximum atomic E-state index is 11.5. The Hall–Kier alpha value is -0.463. The first-order valence-electron chi connectivity index (χ1n) is 5.14. The zero-order valence-electron chi connectivity index (χ0n) is 9.99. The molecule has 18 heavy (non-hydrogen) atoms. The molecular weight excluding hydrogens is 598 g/mol. The molecule has 106 valence electrons. The van der Waals surface area contributed by atoms with Crippen molar-refractivity contribution in [2.24, 2.45) is 0 Å². The predicted octanol–water partition coefficient (Wildman–Crippen LogP) is 2.04. The van der Waals surface area contributed by atoms with E-state index in [0.29, 0.717) is 0 Å². The van der Waals surface area contributed by atoms with E-state index in [4.69, 9.17) is 9.47 Å². The molecule has 0 radical (unpaired) electrons. The molecule has 0 amide bonds. The van der Waals surface area contributed by atoms with Crippen LogP contribution in [0.15, 0.2) is 24.3 Å². The van der Waals surface area contributed by atoms with E-state index in [2.05, 4.69) is 0 Å². The summed E-state index contributed by atoms with van der Waals surface area (Å²) in [4.78, 5) is 23.1. The summed E-state index contributed by atoms with van der Waals surface area (Å²) in [6.07, 6.45) is 0. The second-order valence-corrected chi connectivity index (χ2v) is 2.99. The average molecular weight is 612 g/mol. The molecular formula is C12H14O4Pt2. The van der Waals surface area contributed by atoms with Crippen molar-refractivity contribution in [1.82, 2.24) is 0 Å². The van der Waals surface area contributed by atoms with Gasteiger partial charge in [0.15, 0.2) is 0 Å². The van der Waals surface area contributed by atoms with Gasteiger partial charge in [0.25, 0.3) is 0 Å². The molecule has 0 atom stereocenters. The van der Waals surface area contributed by atoms with Gasteiger partial charge >= 0.3 is 11.9 Å². The summed E-state index contributed by atoms with van der Waals surface area (Å²) in [6.45, 7) is 3.97. The third-order valence-electron chi connectivity index (χ3n) is 1.92. The summed E-state index contributed by atoms with van der Waals surface area (Å²) in [5.74, 6) is -1.02. The fraction of sp³-hybridized carbons (Fsp3) is 0.333. The summed E-state index contributed by atoms with van der Waals surface area (Å²) in [7, 11) is 0. The molecule has 0 aliphatic rings. The van der Waals surface area contributed by atoms with E-state index in [1.165, 1.54) is 0 Å². The molecule has 0 spiro atoms. The molecule has 0 heterocycles. The Balaban J connectivity index is 0. The number of hydrogen-bond donors (Lipinski definition) is 0. The molecule has 0 bridgehead atoms. The Kier molecular flexibility index (Phi) is 11.5. The van der Waals surface area contributed by atoms with Crippen molar-refractivity contribution < 1.29 is 61.2 Å². The molecule has 0 aliphatic heterocycles. The van der Waals surface area contributed by atoms with E-state index in [0.717, 1.165) is 0 Å². The van der Waals surface area contributed by atoms with Crippen LogP contribution in [0.5, 0.6) is 0 Å². The number of rotatable bonds is 4. The van der Waals surface area contributed by atoms with Gasteiger partial charge in [-0.25, -0.2) is 9.59 Å². The molecule has 1 rings (SSSR count). The maximum Gasteiger partial charge on any atom is 0.338 e. The quantitative estimate of drug-likeness (QED) is 0.489. The molecule has 0 saturated heterocycles. The maximum absolute atomic E-state index is 11.5. The minimum Gasteiger partial charge on any atom is -0.462 e. The fourth-order valence-corrected chi connectivity index (χ4v) is 1.26. The van der Waals surface area contributed by atoms with E-state index in [-0.39, 0.29) is 66.5 Å². The van der Waals surface area contributed by atoms with Gasteiger partial charge in [-0.3, -0.25) is 0 Å². The first kappa shape index (κ1) is 19.9. The van der Waals surface area contributed by atoms with Crippen LogP contribution in [0.25, 0.3) is 0 Å². The Labute approximate surface area is 135 Å². The Morgan fingerprint density at radius 1 is 0.889 bits per heavy atom. The molecule has 6 heteroatoms. The topological polar surface area (TPSA) is 52.6 Å². The minimum absolute atomic E-state index is 0. The second-order valence-electron chi connectivity index (χ2n) is 2.99. The van der Waals surface area contributed by atoms with Crippen LogP contribution in [0.3, 0.4) is 0 Å². The summed E-state index contributed by atoms with van der Waals surface area (Å²) < 4.78 is 9.70. The van der Waals surface area contributed by atoms with Crippen LogP contribution < -0.4 is 0 Å². The van der Waals surface area contributed by atoms with Crippen molar-refractivity contribution in [2.45, 2.75) is 13.8 Å². The second kappa shape index (κ2) is 10.5. The normalized spacial score (nSPS) is 8.56. The number of carbonyl (C=O) groups is 2. The van der Waals surface area contributed by atoms with Gasteiger partial charge in [-0.05, 0) is 26.0 Å². The van der Waals surface area contributed by atoms with Crippen molar-refractivity contribution in [2.75, 3.05) is 13.2 Å². The van der Waals surface area contributed by atoms with Crippen LogP contribution in [0.4, 0.5) is 0 Å². The van der Waals surface area contributed by atoms with Crippen molar-refractivity contribution in [1.29, 1.82) is 0 Å². The summed E-state index contributed by atoms with van der Waals surface area (Å²) in [6, 6.07) is 6.44. The van der Waals surface area contributed by atoms with Crippen molar-refractivity contribution >= 4 is 11.9 Å². The number of benzene rings is 1. The molecule has 1 aromatic rings. The summed E-state index contributed by atoms with van der Waals surface area (Å²) >= 11 is 0. The smallest absolute Gasteiger partial charge is 0.338 e. The minimum atomic E-state index is -0.508. The molecule has 0 N–H and O–H groups in total. The standard InChI is InChI=1S/C12H14O4.2Pt/c1-3-15-11(13)9-7-5-6-8-10(9)12(14)16-4-2;;/h5-8H,3-4H2,1-2H3;;. The average Bonchev–Trinajstić information content (AvgIpc) is 2.30. The van der Waals surface area contributed by atoms with Crippen LogP contribution in [-0.2, 0) is 51.6 Å². The van der Waals surface area contributed by atoms with Gasteiger partial charge in [-0.15, -0.1) is 0 Å². The zero-order chi connectivity index (χ0) is 12.0. The molecule has 0 aliphatic carbocycles. The molecule has 0 fully saturated rings. The van der Waals surface area contributed by atoms with Gasteiger partial charge < -0.3 is 9.47 Å². The fourth-order valence-electron chi connectivity index (χ4n) is 1.26.